The summed E-state index contributed by atoms with van der Waals surface area (Å²) in [7, 11) is 0. The molecular weight excluding hydrogens is 244 g/mol. The summed E-state index contributed by atoms with van der Waals surface area (Å²) in [5, 5.41) is -0.304. The number of hydrogen-bond donors (Lipinski definition) is 2. The molecule has 0 aliphatic carbocycles. The van der Waals surface area contributed by atoms with Crippen LogP contribution in [0.15, 0.2) is 12.3 Å². The van der Waals surface area contributed by atoms with Crippen LogP contribution >= 0.6 is 12.6 Å². The Morgan fingerprint density at radius 2 is 2.17 bits per heavy atom. The van der Waals surface area contributed by atoms with Gasteiger partial charge in [0, 0.05) is 12.2 Å². The molecule has 100 valence electrons. The second-order valence-electron chi connectivity index (χ2n) is 4.57. The van der Waals surface area contributed by atoms with Crippen molar-refractivity contribution in [3.05, 3.63) is 29.1 Å². The smallest absolute Gasteiger partial charge is 0.234 e. The zero-order valence-electron chi connectivity index (χ0n) is 11.1. The van der Waals surface area contributed by atoms with Gasteiger partial charge in [0.2, 0.25) is 5.12 Å². The van der Waals surface area contributed by atoms with Gasteiger partial charge in [-0.3, -0.25) is 9.78 Å². The second-order valence-corrected chi connectivity index (χ2v) is 4.98. The first kappa shape index (κ1) is 15.2. The van der Waals surface area contributed by atoms with Crippen molar-refractivity contribution in [2.45, 2.75) is 52.0 Å². The fourth-order valence-corrected chi connectivity index (χ4v) is 2.13. The maximum Gasteiger partial charge on any atom is 0.234 e. The van der Waals surface area contributed by atoms with E-state index in [1.807, 2.05) is 0 Å². The Morgan fingerprint density at radius 1 is 1.44 bits per heavy atom. The highest BCUT2D eigenvalue weighted by molar-refractivity contribution is 7.97. The molecule has 0 saturated heterocycles. The van der Waals surface area contributed by atoms with Crippen molar-refractivity contribution >= 4 is 17.7 Å². The number of pyridine rings is 1. The van der Waals surface area contributed by atoms with E-state index in [1.54, 1.807) is 12.3 Å². The lowest BCUT2D eigenvalue weighted by atomic mass is 9.95. The molecule has 0 bridgehead atoms. The Kier molecular flexibility index (Phi) is 6.36. The number of rotatable bonds is 7. The highest BCUT2D eigenvalue weighted by atomic mass is 32.1. The number of aromatic nitrogens is 1. The van der Waals surface area contributed by atoms with Crippen molar-refractivity contribution < 1.29 is 4.79 Å². The third-order valence-electron chi connectivity index (χ3n) is 3.04. The van der Waals surface area contributed by atoms with E-state index in [1.165, 1.54) is 0 Å². The average molecular weight is 266 g/mol. The van der Waals surface area contributed by atoms with Crippen LogP contribution in [0.25, 0.3) is 0 Å². The molecule has 0 aliphatic rings. The zero-order chi connectivity index (χ0) is 13.5. The number of carbonyl (C=O) groups is 1. The van der Waals surface area contributed by atoms with E-state index in [4.69, 9.17) is 5.73 Å². The molecule has 0 radical (unpaired) electrons. The van der Waals surface area contributed by atoms with Crippen LogP contribution in [0.5, 0.6) is 0 Å². The maximum absolute atomic E-state index is 11.3. The van der Waals surface area contributed by atoms with Crippen LogP contribution in [-0.2, 0) is 6.42 Å². The predicted octanol–water partition coefficient (Wildman–Crippen LogP) is 3.29. The fraction of sp³-hybridized carbons (Fsp3) is 0.571. The quantitative estimate of drug-likeness (QED) is 0.745. The van der Waals surface area contributed by atoms with Crippen LogP contribution < -0.4 is 5.73 Å². The summed E-state index contributed by atoms with van der Waals surface area (Å²) in [5.41, 5.74) is 8.79. The monoisotopic (exact) mass is 266 g/mol. The third-order valence-corrected chi connectivity index (χ3v) is 3.27. The molecule has 4 heteroatoms. The van der Waals surface area contributed by atoms with E-state index in [-0.39, 0.29) is 11.2 Å². The molecule has 0 aliphatic heterocycles. The number of nitrogens with two attached hydrogens (primary N) is 1. The molecule has 1 heterocycles. The lowest BCUT2D eigenvalue weighted by Crippen LogP contribution is -2.14. The summed E-state index contributed by atoms with van der Waals surface area (Å²) >= 11 is 3.82. The van der Waals surface area contributed by atoms with Gasteiger partial charge in [-0.1, -0.05) is 39.3 Å². The molecule has 0 aromatic carbocycles. The minimum absolute atomic E-state index is 0.0173. The summed E-state index contributed by atoms with van der Waals surface area (Å²) in [4.78, 5) is 15.4. The van der Waals surface area contributed by atoms with Crippen LogP contribution in [0.4, 0.5) is 0 Å². The molecule has 0 saturated carbocycles. The van der Waals surface area contributed by atoms with Crippen molar-refractivity contribution in [1.29, 1.82) is 0 Å². The molecule has 1 aromatic rings. The van der Waals surface area contributed by atoms with E-state index >= 15 is 0 Å². The molecule has 18 heavy (non-hydrogen) atoms. The molecular formula is C14H22N2OS. The van der Waals surface area contributed by atoms with Gasteiger partial charge >= 0.3 is 0 Å². The Hall–Kier alpha value is -0.870. The molecule has 3 nitrogen and oxygen atoms in total. The highest BCUT2D eigenvalue weighted by Crippen LogP contribution is 2.22. The first-order valence-corrected chi connectivity index (χ1v) is 7.02. The normalized spacial score (nSPS) is 12.4. The summed E-state index contributed by atoms with van der Waals surface area (Å²) in [6.07, 6.45) is 6.95. The predicted molar refractivity (Wildman–Crippen MR) is 78.0 cm³/mol. The Balaban J connectivity index is 3.04. The number of hydrogen-bond acceptors (Lipinski definition) is 3. The van der Waals surface area contributed by atoms with Gasteiger partial charge in [0.15, 0.2) is 0 Å². The second kappa shape index (κ2) is 7.54. The Labute approximate surface area is 115 Å². The van der Waals surface area contributed by atoms with Gasteiger partial charge < -0.3 is 5.73 Å². The van der Waals surface area contributed by atoms with E-state index in [2.05, 4.69) is 31.5 Å². The van der Waals surface area contributed by atoms with Gasteiger partial charge in [-0.05, 0) is 36.5 Å². The lowest BCUT2D eigenvalue weighted by Gasteiger charge is -2.16. The minimum Gasteiger partial charge on any atom is -0.324 e. The van der Waals surface area contributed by atoms with Crippen LogP contribution in [0.3, 0.4) is 0 Å². The number of thiol groups is 1. The summed E-state index contributed by atoms with van der Waals surface area (Å²) in [5.74, 6) is 0. The molecule has 1 aromatic heterocycles. The van der Waals surface area contributed by atoms with Crippen molar-refractivity contribution in [3.63, 3.8) is 0 Å². The molecule has 2 N–H and O–H groups in total. The van der Waals surface area contributed by atoms with E-state index in [9.17, 15) is 4.79 Å². The first-order valence-electron chi connectivity index (χ1n) is 6.57. The first-order chi connectivity index (χ1) is 8.60. The van der Waals surface area contributed by atoms with Gasteiger partial charge in [-0.15, -0.1) is 0 Å². The molecule has 0 amide bonds. The van der Waals surface area contributed by atoms with Crippen LogP contribution in [0.1, 0.15) is 67.2 Å². The summed E-state index contributed by atoms with van der Waals surface area (Å²) in [6, 6.07) is 1.79. The van der Waals surface area contributed by atoms with Gasteiger partial charge in [-0.25, -0.2) is 0 Å². The van der Waals surface area contributed by atoms with Crippen LogP contribution in [-0.4, -0.2) is 10.1 Å². The van der Waals surface area contributed by atoms with Gasteiger partial charge in [0.05, 0.1) is 0 Å². The summed E-state index contributed by atoms with van der Waals surface area (Å²) < 4.78 is 0. The largest absolute Gasteiger partial charge is 0.324 e. The van der Waals surface area contributed by atoms with Crippen LogP contribution in [0, 0.1) is 0 Å². The molecule has 0 fully saturated rings. The van der Waals surface area contributed by atoms with Crippen molar-refractivity contribution in [1.82, 2.24) is 4.98 Å². The standard InChI is InChI=1S/C14H22N2OS/c1-3-5-7-10-9-16-13(14(17)18)8-11(10)12(15)6-4-2/h8-9,12H,3-7,15H2,1-2H3,(H,17,18). The Morgan fingerprint density at radius 3 is 2.72 bits per heavy atom. The van der Waals surface area contributed by atoms with Crippen molar-refractivity contribution in [2.75, 3.05) is 0 Å². The number of aryl methyl sites for hydroxylation is 1. The fourth-order valence-electron chi connectivity index (χ4n) is 2.00. The lowest BCUT2D eigenvalue weighted by molar-refractivity contribution is 0.108. The van der Waals surface area contributed by atoms with Gasteiger partial charge in [0.1, 0.15) is 5.69 Å². The van der Waals surface area contributed by atoms with E-state index in [0.29, 0.717) is 5.69 Å². The van der Waals surface area contributed by atoms with Gasteiger partial charge in [0.25, 0.3) is 0 Å². The van der Waals surface area contributed by atoms with Crippen LogP contribution in [0.2, 0.25) is 0 Å². The topological polar surface area (TPSA) is 56.0 Å². The van der Waals surface area contributed by atoms with Crippen molar-refractivity contribution in [2.24, 2.45) is 5.73 Å². The number of nitrogens with zero attached hydrogens (tertiary/aromatic N) is 1. The number of unbranched alkanes of at least 4 members (excludes halogenated alkanes) is 1. The Bertz CT molecular complexity index is 407. The maximum atomic E-state index is 11.3. The number of carbonyl (C=O) groups excluding carboxylic acids is 1. The highest BCUT2D eigenvalue weighted by Gasteiger charge is 2.13. The molecule has 0 spiro atoms. The van der Waals surface area contributed by atoms with E-state index in [0.717, 1.165) is 43.2 Å². The minimum atomic E-state index is -0.304. The third kappa shape index (κ3) is 4.10. The van der Waals surface area contributed by atoms with E-state index < -0.39 is 0 Å². The van der Waals surface area contributed by atoms with Crippen molar-refractivity contribution in [3.8, 4) is 0 Å². The summed E-state index contributed by atoms with van der Waals surface area (Å²) in [6.45, 7) is 4.27. The zero-order valence-corrected chi connectivity index (χ0v) is 12.0. The molecule has 1 atom stereocenters. The van der Waals surface area contributed by atoms with Gasteiger partial charge in [-0.2, -0.15) is 0 Å². The molecule has 1 rings (SSSR count). The average Bonchev–Trinajstić information content (AvgIpc) is 2.36. The molecule has 1 unspecified atom stereocenters. The SMILES string of the molecule is CCCCc1cnc(C(=O)S)cc1C(N)CCC.